The topological polar surface area (TPSA) is 96.4 Å². The number of carbonyl (C=O) groups excluding carboxylic acids is 2. The lowest BCUT2D eigenvalue weighted by Crippen LogP contribution is -2.52. The van der Waals surface area contributed by atoms with Crippen molar-refractivity contribution in [2.75, 3.05) is 13.1 Å². The zero-order valence-corrected chi connectivity index (χ0v) is 25.1. The molecule has 8 heteroatoms. The maximum Gasteiger partial charge on any atom is 0.410 e. The van der Waals surface area contributed by atoms with E-state index in [-0.39, 0.29) is 23.5 Å². The molecule has 1 atom stereocenters. The number of fused-ring (bicyclic) bond motifs is 1. The van der Waals surface area contributed by atoms with Crippen molar-refractivity contribution in [3.05, 3.63) is 101 Å². The molecule has 43 heavy (non-hydrogen) atoms. The van der Waals surface area contributed by atoms with Gasteiger partial charge in [-0.3, -0.25) is 4.79 Å². The molecule has 1 saturated heterocycles. The third kappa shape index (κ3) is 7.55. The number of aromatic carboxylic acids is 1. The average molecular weight is 585 g/mol. The lowest BCUT2D eigenvalue weighted by Gasteiger charge is -2.47. The lowest BCUT2D eigenvalue weighted by atomic mass is 9.76. The molecule has 2 amide bonds. The Bertz CT molecular complexity index is 1440. The zero-order valence-electron chi connectivity index (χ0n) is 25.1. The van der Waals surface area contributed by atoms with E-state index in [1.54, 1.807) is 29.2 Å². The molecule has 2 heterocycles. The van der Waals surface area contributed by atoms with E-state index in [2.05, 4.69) is 0 Å². The van der Waals surface area contributed by atoms with Crippen LogP contribution in [0.15, 0.2) is 78.9 Å². The smallest absolute Gasteiger partial charge is 0.410 e. The first-order valence-corrected chi connectivity index (χ1v) is 14.9. The predicted molar refractivity (Wildman–Crippen MR) is 163 cm³/mol. The Hall–Kier alpha value is -4.33. The van der Waals surface area contributed by atoms with E-state index >= 15 is 0 Å². The Morgan fingerprint density at radius 2 is 1.51 bits per heavy atom. The number of amides is 2. The van der Waals surface area contributed by atoms with E-state index in [0.717, 1.165) is 22.4 Å². The van der Waals surface area contributed by atoms with Crippen LogP contribution >= 0.6 is 0 Å². The number of carbonyl (C=O) groups is 3. The summed E-state index contributed by atoms with van der Waals surface area (Å²) in [6.45, 7) is 7.48. The molecule has 1 unspecified atom stereocenters. The molecule has 2 aliphatic rings. The van der Waals surface area contributed by atoms with Crippen molar-refractivity contribution in [1.29, 1.82) is 0 Å². The van der Waals surface area contributed by atoms with Gasteiger partial charge in [0.1, 0.15) is 17.0 Å². The summed E-state index contributed by atoms with van der Waals surface area (Å²) in [4.78, 5) is 41.7. The van der Waals surface area contributed by atoms with Gasteiger partial charge in [-0.2, -0.15) is 0 Å². The molecule has 8 nitrogen and oxygen atoms in total. The predicted octanol–water partition coefficient (Wildman–Crippen LogP) is 6.64. The van der Waals surface area contributed by atoms with Crippen LogP contribution in [0.5, 0.6) is 5.75 Å². The highest BCUT2D eigenvalue weighted by molar-refractivity contribution is 5.87. The van der Waals surface area contributed by atoms with E-state index in [9.17, 15) is 19.5 Å². The summed E-state index contributed by atoms with van der Waals surface area (Å²) in [5.41, 5.74) is 2.12. The third-order valence-corrected chi connectivity index (χ3v) is 8.19. The fraction of sp³-hybridized carbons (Fsp3) is 0.400. The number of carboxylic acid groups (broad SMARTS) is 1. The van der Waals surface area contributed by atoms with Crippen LogP contribution in [-0.4, -0.2) is 57.2 Å². The number of hydrogen-bond donors (Lipinski definition) is 1. The number of rotatable bonds is 7. The van der Waals surface area contributed by atoms with Crippen molar-refractivity contribution in [3.8, 4) is 5.75 Å². The molecule has 0 bridgehead atoms. The first-order chi connectivity index (χ1) is 20.5. The second kappa shape index (κ2) is 12.5. The normalized spacial score (nSPS) is 17.5. The van der Waals surface area contributed by atoms with Crippen LogP contribution in [0.3, 0.4) is 0 Å². The van der Waals surface area contributed by atoms with Crippen LogP contribution in [0.1, 0.15) is 79.4 Å². The van der Waals surface area contributed by atoms with Gasteiger partial charge in [0.05, 0.1) is 5.56 Å². The van der Waals surface area contributed by atoms with Gasteiger partial charge in [0, 0.05) is 51.4 Å². The van der Waals surface area contributed by atoms with Crippen molar-refractivity contribution < 1.29 is 29.0 Å². The standard InChI is InChI=1S/C35H40N2O6/c1-34(2,3)43-33(41)36-19-17-35(18-20-36)22-28(29-11-7-8-12-30(29)42-35)21-31(38)37(23-25-9-5-4-6-10-25)24-26-13-15-27(16-14-26)32(39)40/h4-16,28H,17-24H2,1-3H3,(H,39,40). The number of para-hydroxylation sites is 1. The fourth-order valence-corrected chi connectivity index (χ4v) is 6.01. The molecule has 1 spiro atoms. The highest BCUT2D eigenvalue weighted by atomic mass is 16.6. The molecule has 0 saturated carbocycles. The molecular formula is C35H40N2O6. The van der Waals surface area contributed by atoms with E-state index in [1.807, 2.05) is 80.3 Å². The second-order valence-electron chi connectivity index (χ2n) is 12.6. The zero-order chi connectivity index (χ0) is 30.6. The average Bonchev–Trinajstić information content (AvgIpc) is 2.97. The van der Waals surface area contributed by atoms with Gasteiger partial charge in [0.2, 0.25) is 5.91 Å². The van der Waals surface area contributed by atoms with Crippen molar-refractivity contribution in [1.82, 2.24) is 9.80 Å². The highest BCUT2D eigenvalue weighted by Crippen LogP contribution is 2.47. The molecule has 2 aliphatic heterocycles. The minimum atomic E-state index is -0.979. The molecule has 3 aromatic rings. The van der Waals surface area contributed by atoms with Gasteiger partial charge in [0.15, 0.2) is 0 Å². The van der Waals surface area contributed by atoms with Gasteiger partial charge in [0.25, 0.3) is 0 Å². The van der Waals surface area contributed by atoms with Crippen molar-refractivity contribution in [2.24, 2.45) is 0 Å². The Morgan fingerprint density at radius 3 is 2.14 bits per heavy atom. The Balaban J connectivity index is 1.34. The minimum Gasteiger partial charge on any atom is -0.487 e. The summed E-state index contributed by atoms with van der Waals surface area (Å²) < 4.78 is 12.2. The summed E-state index contributed by atoms with van der Waals surface area (Å²) in [7, 11) is 0. The first-order valence-electron chi connectivity index (χ1n) is 14.9. The first kappa shape index (κ1) is 30.1. The van der Waals surface area contributed by atoms with Gasteiger partial charge < -0.3 is 24.4 Å². The van der Waals surface area contributed by atoms with Crippen LogP contribution in [0, 0.1) is 0 Å². The molecular weight excluding hydrogens is 544 g/mol. The quantitative estimate of drug-likeness (QED) is 0.335. The molecule has 1 N–H and O–H groups in total. The minimum absolute atomic E-state index is 0.0224. The van der Waals surface area contributed by atoms with Gasteiger partial charge in [-0.25, -0.2) is 9.59 Å². The van der Waals surface area contributed by atoms with Crippen molar-refractivity contribution in [3.63, 3.8) is 0 Å². The van der Waals surface area contributed by atoms with Crippen molar-refractivity contribution >= 4 is 18.0 Å². The maximum atomic E-state index is 14.1. The highest BCUT2D eigenvalue weighted by Gasteiger charge is 2.45. The SMILES string of the molecule is CC(C)(C)OC(=O)N1CCC2(CC1)CC(CC(=O)N(Cc1ccccc1)Cc1ccc(C(=O)O)cc1)c1ccccc1O2. The van der Waals surface area contributed by atoms with Crippen LogP contribution in [0.2, 0.25) is 0 Å². The Morgan fingerprint density at radius 1 is 0.907 bits per heavy atom. The largest absolute Gasteiger partial charge is 0.487 e. The van der Waals surface area contributed by atoms with E-state index in [4.69, 9.17) is 9.47 Å². The monoisotopic (exact) mass is 584 g/mol. The summed E-state index contributed by atoms with van der Waals surface area (Å²) >= 11 is 0. The van der Waals surface area contributed by atoms with Gasteiger partial charge in [-0.1, -0.05) is 60.7 Å². The van der Waals surface area contributed by atoms with Crippen LogP contribution in [-0.2, 0) is 22.6 Å². The number of carboxylic acids is 1. The molecule has 0 aliphatic carbocycles. The Kier molecular flexibility index (Phi) is 8.76. The van der Waals surface area contributed by atoms with E-state index in [0.29, 0.717) is 51.9 Å². The summed E-state index contributed by atoms with van der Waals surface area (Å²) in [6.07, 6.45) is 2.02. The van der Waals surface area contributed by atoms with Crippen molar-refractivity contribution in [2.45, 2.75) is 76.7 Å². The van der Waals surface area contributed by atoms with Gasteiger partial charge >= 0.3 is 12.1 Å². The molecule has 226 valence electrons. The fourth-order valence-electron chi connectivity index (χ4n) is 6.01. The van der Waals surface area contributed by atoms with Gasteiger partial charge in [-0.05, 0) is 62.1 Å². The third-order valence-electron chi connectivity index (χ3n) is 8.19. The number of likely N-dealkylation sites (tertiary alicyclic amines) is 1. The summed E-state index contributed by atoms with van der Waals surface area (Å²) in [6, 6.07) is 24.5. The number of hydrogen-bond acceptors (Lipinski definition) is 5. The number of nitrogens with zero attached hydrogens (tertiary/aromatic N) is 2. The number of benzene rings is 3. The van der Waals surface area contributed by atoms with Crippen LogP contribution in [0.4, 0.5) is 4.79 Å². The number of ether oxygens (including phenoxy) is 2. The second-order valence-corrected chi connectivity index (χ2v) is 12.6. The number of piperidine rings is 1. The van der Waals surface area contributed by atoms with E-state index < -0.39 is 17.2 Å². The summed E-state index contributed by atoms with van der Waals surface area (Å²) in [5, 5.41) is 9.29. The molecule has 1 fully saturated rings. The van der Waals surface area contributed by atoms with E-state index in [1.165, 1.54) is 0 Å². The molecule has 0 aromatic heterocycles. The Labute approximate surface area is 253 Å². The van der Waals surface area contributed by atoms with Crippen LogP contribution < -0.4 is 4.74 Å². The summed E-state index contributed by atoms with van der Waals surface area (Å²) in [5.74, 6) is -0.198. The molecule has 0 radical (unpaired) electrons. The lowest BCUT2D eigenvalue weighted by molar-refractivity contribution is -0.133. The molecule has 5 rings (SSSR count). The maximum absolute atomic E-state index is 14.1. The van der Waals surface area contributed by atoms with Crippen LogP contribution in [0.25, 0.3) is 0 Å². The molecule has 3 aromatic carbocycles. The van der Waals surface area contributed by atoms with Gasteiger partial charge in [-0.15, -0.1) is 0 Å².